The molecule has 0 radical (unpaired) electrons. The largest absolute Gasteiger partial charge is 0.573 e. The van der Waals surface area contributed by atoms with Crippen LogP contribution in [0.4, 0.5) is 13.2 Å². The highest BCUT2D eigenvalue weighted by Crippen LogP contribution is 2.29. The molecule has 0 aliphatic rings. The van der Waals surface area contributed by atoms with Crippen LogP contribution in [0.5, 0.6) is 5.75 Å². The second kappa shape index (κ2) is 6.73. The van der Waals surface area contributed by atoms with Crippen molar-refractivity contribution in [3.8, 4) is 5.75 Å². The summed E-state index contributed by atoms with van der Waals surface area (Å²) in [6.45, 7) is 1.71. The Morgan fingerprint density at radius 3 is 2.63 bits per heavy atom. The van der Waals surface area contributed by atoms with E-state index in [2.05, 4.69) is 25.7 Å². The molecule has 0 bridgehead atoms. The lowest BCUT2D eigenvalue weighted by Gasteiger charge is -2.13. The number of nitrogens with zero attached hydrogens (tertiary/aromatic N) is 1. The Hall–Kier alpha value is -0.580. The Kier molecular flexibility index (Phi) is 5.83. The molecule has 19 heavy (non-hydrogen) atoms. The average molecular weight is 454 g/mol. The number of aromatic nitrogens is 1. The Balaban J connectivity index is 3.21. The van der Waals surface area contributed by atoms with Crippen LogP contribution in [0.2, 0.25) is 0 Å². The summed E-state index contributed by atoms with van der Waals surface area (Å²) in [5.41, 5.74) is 0.232. The van der Waals surface area contributed by atoms with Crippen molar-refractivity contribution in [2.24, 2.45) is 0 Å². The molecule has 106 valence electrons. The van der Waals surface area contributed by atoms with Crippen LogP contribution in [0.15, 0.2) is 6.07 Å². The molecule has 0 aliphatic carbocycles. The first-order valence-electron chi connectivity index (χ1n) is 4.96. The van der Waals surface area contributed by atoms with Crippen LogP contribution in [0.3, 0.4) is 0 Å². The van der Waals surface area contributed by atoms with Gasteiger partial charge in [0.05, 0.1) is 17.9 Å². The summed E-state index contributed by atoms with van der Waals surface area (Å²) in [4.78, 5) is 15.5. The third-order valence-corrected chi connectivity index (χ3v) is 3.17. The van der Waals surface area contributed by atoms with E-state index in [4.69, 9.17) is 4.74 Å². The lowest BCUT2D eigenvalue weighted by molar-refractivity contribution is -0.275. The zero-order valence-electron chi connectivity index (χ0n) is 9.55. The summed E-state index contributed by atoms with van der Waals surface area (Å²) in [6, 6.07) is 0.983. The van der Waals surface area contributed by atoms with Gasteiger partial charge in [0.1, 0.15) is 3.70 Å². The number of carbonyl (C=O) groups is 1. The maximum atomic E-state index is 12.2. The number of pyridine rings is 1. The zero-order valence-corrected chi connectivity index (χ0v) is 13.3. The molecule has 1 aromatic rings. The van der Waals surface area contributed by atoms with Gasteiger partial charge in [0, 0.05) is 5.33 Å². The van der Waals surface area contributed by atoms with Crippen molar-refractivity contribution >= 4 is 44.5 Å². The van der Waals surface area contributed by atoms with Gasteiger partial charge in [-0.2, -0.15) is 0 Å². The maximum Gasteiger partial charge on any atom is 0.573 e. The molecule has 1 rings (SSSR count). The highest BCUT2D eigenvalue weighted by Gasteiger charge is 2.33. The second-order valence-corrected chi connectivity index (χ2v) is 4.76. The predicted octanol–water partition coefficient (Wildman–Crippen LogP) is 3.66. The van der Waals surface area contributed by atoms with Crippen LogP contribution < -0.4 is 4.74 Å². The van der Waals surface area contributed by atoms with E-state index in [0.29, 0.717) is 0 Å². The predicted molar refractivity (Wildman–Crippen MR) is 72.2 cm³/mol. The van der Waals surface area contributed by atoms with Crippen molar-refractivity contribution in [1.29, 1.82) is 0 Å². The molecule has 9 heteroatoms. The van der Waals surface area contributed by atoms with E-state index in [1.807, 2.05) is 0 Å². The van der Waals surface area contributed by atoms with Crippen LogP contribution in [-0.2, 0) is 10.1 Å². The number of esters is 1. The van der Waals surface area contributed by atoms with E-state index in [0.717, 1.165) is 6.07 Å². The van der Waals surface area contributed by atoms with E-state index in [1.165, 1.54) is 0 Å². The Bertz CT molecular complexity index is 482. The van der Waals surface area contributed by atoms with Crippen molar-refractivity contribution < 1.29 is 27.4 Å². The van der Waals surface area contributed by atoms with Crippen molar-refractivity contribution in [1.82, 2.24) is 4.98 Å². The number of halogens is 5. The molecule has 0 aliphatic heterocycles. The summed E-state index contributed by atoms with van der Waals surface area (Å²) in [6.07, 6.45) is -4.84. The van der Waals surface area contributed by atoms with Crippen LogP contribution >= 0.6 is 38.5 Å². The number of alkyl halides is 4. The quantitative estimate of drug-likeness (QED) is 0.302. The number of hydrogen-bond donors (Lipinski definition) is 0. The number of hydrogen-bond acceptors (Lipinski definition) is 4. The van der Waals surface area contributed by atoms with Crippen molar-refractivity contribution in [2.45, 2.75) is 18.6 Å². The van der Waals surface area contributed by atoms with Gasteiger partial charge in [-0.3, -0.25) is 0 Å². The van der Waals surface area contributed by atoms with Crippen molar-refractivity contribution in [2.75, 3.05) is 6.61 Å². The molecule has 0 N–H and O–H groups in total. The van der Waals surface area contributed by atoms with Crippen LogP contribution in [0.25, 0.3) is 0 Å². The topological polar surface area (TPSA) is 48.4 Å². The van der Waals surface area contributed by atoms with Crippen LogP contribution in [0.1, 0.15) is 23.0 Å². The molecular weight excluding hydrogens is 446 g/mol. The summed E-state index contributed by atoms with van der Waals surface area (Å²) in [5, 5.41) is 0.212. The summed E-state index contributed by atoms with van der Waals surface area (Å²) in [7, 11) is 0. The Morgan fingerprint density at radius 2 is 2.16 bits per heavy atom. The van der Waals surface area contributed by atoms with E-state index >= 15 is 0 Å². The third-order valence-electron chi connectivity index (χ3n) is 1.87. The van der Waals surface area contributed by atoms with Gasteiger partial charge in [-0.25, -0.2) is 9.78 Å². The van der Waals surface area contributed by atoms with Gasteiger partial charge in [-0.05, 0) is 35.6 Å². The molecule has 0 saturated heterocycles. The first-order valence-corrected chi connectivity index (χ1v) is 7.16. The molecule has 0 spiro atoms. The standard InChI is InChI=1S/C10H8BrF3INO3/c1-2-18-9(17)5-3-7(19-10(12,13)14)8(15)16-6(5)4-11/h3H,2,4H2,1H3. The molecule has 0 aromatic carbocycles. The minimum absolute atomic E-state index is 0.0115. The van der Waals surface area contributed by atoms with Gasteiger partial charge >= 0.3 is 12.3 Å². The van der Waals surface area contributed by atoms with E-state index < -0.39 is 18.1 Å². The summed E-state index contributed by atoms with van der Waals surface area (Å²) < 4.78 is 45.2. The molecule has 0 saturated carbocycles. The van der Waals surface area contributed by atoms with Gasteiger partial charge in [-0.15, -0.1) is 13.2 Å². The summed E-state index contributed by atoms with van der Waals surface area (Å²) in [5.74, 6) is -1.27. The van der Waals surface area contributed by atoms with Gasteiger partial charge in [0.2, 0.25) is 0 Å². The van der Waals surface area contributed by atoms with Crippen molar-refractivity contribution in [3.05, 3.63) is 21.0 Å². The van der Waals surface area contributed by atoms with Crippen LogP contribution in [0, 0.1) is 3.70 Å². The Morgan fingerprint density at radius 1 is 1.53 bits per heavy atom. The van der Waals surface area contributed by atoms with Gasteiger partial charge in [0.15, 0.2) is 5.75 Å². The molecule has 0 unspecified atom stereocenters. The SMILES string of the molecule is CCOC(=O)c1cc(OC(F)(F)F)c(I)nc1CBr. The molecule has 1 heterocycles. The van der Waals surface area contributed by atoms with Crippen LogP contribution in [-0.4, -0.2) is 23.9 Å². The fraction of sp³-hybridized carbons (Fsp3) is 0.400. The highest BCUT2D eigenvalue weighted by molar-refractivity contribution is 14.1. The van der Waals surface area contributed by atoms with E-state index in [1.54, 1.807) is 29.5 Å². The minimum atomic E-state index is -4.84. The van der Waals surface area contributed by atoms with E-state index in [9.17, 15) is 18.0 Å². The van der Waals surface area contributed by atoms with Gasteiger partial charge < -0.3 is 9.47 Å². The fourth-order valence-electron chi connectivity index (χ4n) is 1.19. The summed E-state index contributed by atoms with van der Waals surface area (Å²) >= 11 is 4.71. The minimum Gasteiger partial charge on any atom is -0.462 e. The molecule has 0 atom stereocenters. The third kappa shape index (κ3) is 4.79. The highest BCUT2D eigenvalue weighted by atomic mass is 127. The average Bonchev–Trinajstić information content (AvgIpc) is 2.29. The van der Waals surface area contributed by atoms with Crippen molar-refractivity contribution in [3.63, 3.8) is 0 Å². The molecule has 4 nitrogen and oxygen atoms in total. The second-order valence-electron chi connectivity index (χ2n) is 3.17. The van der Waals surface area contributed by atoms with E-state index in [-0.39, 0.29) is 26.9 Å². The normalized spacial score (nSPS) is 11.3. The lowest BCUT2D eigenvalue weighted by atomic mass is 10.2. The lowest BCUT2D eigenvalue weighted by Crippen LogP contribution is -2.19. The number of ether oxygens (including phenoxy) is 2. The maximum absolute atomic E-state index is 12.2. The van der Waals surface area contributed by atoms with Gasteiger partial charge in [0.25, 0.3) is 0 Å². The Labute approximate surface area is 128 Å². The first kappa shape index (κ1) is 16.5. The molecular formula is C10H8BrF3INO3. The monoisotopic (exact) mass is 453 g/mol. The number of carbonyl (C=O) groups excluding carboxylic acids is 1. The fourth-order valence-corrected chi connectivity index (χ4v) is 2.18. The zero-order chi connectivity index (χ0) is 14.6. The molecule has 1 aromatic heterocycles. The molecule has 0 amide bonds. The van der Waals surface area contributed by atoms with Gasteiger partial charge in [-0.1, -0.05) is 15.9 Å². The first-order chi connectivity index (χ1) is 8.78. The number of rotatable bonds is 4. The molecule has 0 fully saturated rings. The smallest absolute Gasteiger partial charge is 0.462 e.